The van der Waals surface area contributed by atoms with Crippen LogP contribution in [0.25, 0.3) is 0 Å². The van der Waals surface area contributed by atoms with Crippen molar-refractivity contribution in [3.05, 3.63) is 22.1 Å². The molecule has 1 aromatic heterocycles. The van der Waals surface area contributed by atoms with Crippen LogP contribution in [0, 0.1) is 21.4 Å². The third-order valence-corrected chi connectivity index (χ3v) is 1.44. The van der Waals surface area contributed by atoms with Crippen molar-refractivity contribution in [3.8, 4) is 6.07 Å². The summed E-state index contributed by atoms with van der Waals surface area (Å²) in [6.45, 7) is 2.09. The van der Waals surface area contributed by atoms with Gasteiger partial charge in [0, 0.05) is 0 Å². The summed E-state index contributed by atoms with van der Waals surface area (Å²) in [7, 11) is 0. The molecule has 0 aliphatic heterocycles. The van der Waals surface area contributed by atoms with E-state index in [-0.39, 0.29) is 11.6 Å². The number of nitro groups is 1. The van der Waals surface area contributed by atoms with Gasteiger partial charge in [-0.15, -0.1) is 0 Å². The molecule has 0 spiro atoms. The fourth-order valence-corrected chi connectivity index (χ4v) is 0.913. The number of nitrogens with zero attached hydrogens (tertiary/aromatic N) is 4. The van der Waals surface area contributed by atoms with Crippen LogP contribution in [0.5, 0.6) is 0 Å². The van der Waals surface area contributed by atoms with Crippen LogP contribution in [-0.4, -0.2) is 14.5 Å². The zero-order valence-corrected chi connectivity index (χ0v) is 6.39. The molecular weight excluding hydrogens is 160 g/mol. The highest BCUT2D eigenvalue weighted by Gasteiger charge is 2.17. The van der Waals surface area contributed by atoms with Crippen molar-refractivity contribution in [2.45, 2.75) is 13.5 Å². The fourth-order valence-electron chi connectivity index (χ4n) is 0.913. The van der Waals surface area contributed by atoms with Gasteiger partial charge in [-0.2, -0.15) is 14.8 Å². The zero-order valence-electron chi connectivity index (χ0n) is 6.39. The molecule has 0 saturated carbocycles. The van der Waals surface area contributed by atoms with Gasteiger partial charge in [-0.3, -0.25) is 0 Å². The first kappa shape index (κ1) is 8.20. The lowest BCUT2D eigenvalue weighted by molar-refractivity contribution is -0.392. The van der Waals surface area contributed by atoms with Crippen LogP contribution in [0.2, 0.25) is 0 Å². The topological polar surface area (TPSA) is 84.8 Å². The van der Waals surface area contributed by atoms with E-state index in [1.807, 2.05) is 0 Å². The highest BCUT2D eigenvalue weighted by atomic mass is 16.6. The molecule has 0 saturated heterocycles. The molecule has 0 bridgehead atoms. The first-order chi connectivity index (χ1) is 5.70. The minimum Gasteiger partial charge on any atom is -0.358 e. The van der Waals surface area contributed by atoms with Gasteiger partial charge in [0.15, 0.2) is 6.07 Å². The molecule has 0 atom stereocenters. The SMILES string of the molecule is CCn1c([N+](=O)[O-])cnc1C#N. The second kappa shape index (κ2) is 3.00. The third-order valence-electron chi connectivity index (χ3n) is 1.44. The summed E-state index contributed by atoms with van der Waals surface area (Å²) in [5.74, 6) is -0.0711. The highest BCUT2D eigenvalue weighted by Crippen LogP contribution is 2.12. The first-order valence-corrected chi connectivity index (χ1v) is 3.30. The van der Waals surface area contributed by atoms with Crippen molar-refractivity contribution in [2.24, 2.45) is 0 Å². The predicted octanol–water partition coefficient (Wildman–Crippen LogP) is 0.683. The van der Waals surface area contributed by atoms with E-state index >= 15 is 0 Å². The Morgan fingerprint density at radius 1 is 1.92 bits per heavy atom. The minimum absolute atomic E-state index is 0.0733. The predicted molar refractivity (Wildman–Crippen MR) is 39.3 cm³/mol. The Labute approximate surface area is 68.2 Å². The number of aromatic nitrogens is 2. The summed E-state index contributed by atoms with van der Waals surface area (Å²) in [6.07, 6.45) is 1.09. The van der Waals surface area contributed by atoms with Gasteiger partial charge in [0.1, 0.15) is 6.20 Å². The Morgan fingerprint density at radius 2 is 2.58 bits per heavy atom. The Balaban J connectivity index is 3.25. The molecule has 0 radical (unpaired) electrons. The summed E-state index contributed by atoms with van der Waals surface area (Å²) < 4.78 is 1.25. The molecule has 0 fully saturated rings. The van der Waals surface area contributed by atoms with E-state index in [1.54, 1.807) is 13.0 Å². The quantitative estimate of drug-likeness (QED) is 0.477. The standard InChI is InChI=1S/C6H6N4O2/c1-2-9-5(3-7)8-4-6(9)10(11)12/h4H,2H2,1H3. The molecule has 0 aliphatic carbocycles. The second-order valence-electron chi connectivity index (χ2n) is 2.05. The zero-order chi connectivity index (χ0) is 9.14. The molecule has 62 valence electrons. The lowest BCUT2D eigenvalue weighted by atomic mass is 10.6. The van der Waals surface area contributed by atoms with Gasteiger partial charge in [-0.25, -0.2) is 0 Å². The lowest BCUT2D eigenvalue weighted by Crippen LogP contribution is -2.02. The number of rotatable bonds is 2. The average Bonchev–Trinajstić information content (AvgIpc) is 2.46. The van der Waals surface area contributed by atoms with Crippen molar-refractivity contribution in [1.29, 1.82) is 5.26 Å². The highest BCUT2D eigenvalue weighted by molar-refractivity contribution is 5.25. The van der Waals surface area contributed by atoms with Crippen LogP contribution in [0.15, 0.2) is 6.20 Å². The molecule has 1 heterocycles. The summed E-state index contributed by atoms with van der Waals surface area (Å²) in [4.78, 5) is 13.4. The van der Waals surface area contributed by atoms with Gasteiger partial charge in [-0.1, -0.05) is 0 Å². The number of imidazole rings is 1. The molecule has 12 heavy (non-hydrogen) atoms. The normalized spacial score (nSPS) is 9.33. The molecule has 0 unspecified atom stereocenters. The maximum absolute atomic E-state index is 10.3. The monoisotopic (exact) mass is 166 g/mol. The van der Waals surface area contributed by atoms with Crippen LogP contribution in [0.4, 0.5) is 5.82 Å². The van der Waals surface area contributed by atoms with E-state index in [0.29, 0.717) is 6.54 Å². The summed E-state index contributed by atoms with van der Waals surface area (Å²) >= 11 is 0. The van der Waals surface area contributed by atoms with Gasteiger partial charge in [0.05, 0.1) is 6.54 Å². The van der Waals surface area contributed by atoms with Gasteiger partial charge in [0.2, 0.25) is 0 Å². The maximum atomic E-state index is 10.3. The molecule has 1 rings (SSSR count). The Kier molecular flexibility index (Phi) is 2.05. The van der Waals surface area contributed by atoms with Crippen LogP contribution in [-0.2, 0) is 6.54 Å². The summed E-state index contributed by atoms with van der Waals surface area (Å²) in [6, 6.07) is 1.77. The Bertz CT molecular complexity index is 349. The molecule has 6 nitrogen and oxygen atoms in total. The number of hydrogen-bond donors (Lipinski definition) is 0. The third kappa shape index (κ3) is 1.12. The summed E-state index contributed by atoms with van der Waals surface area (Å²) in [5.41, 5.74) is 0. The molecule has 0 amide bonds. The molecule has 0 N–H and O–H groups in total. The van der Waals surface area contributed by atoms with Crippen molar-refractivity contribution in [1.82, 2.24) is 9.55 Å². The number of nitriles is 1. The van der Waals surface area contributed by atoms with Crippen molar-refractivity contribution in [3.63, 3.8) is 0 Å². The lowest BCUT2D eigenvalue weighted by Gasteiger charge is -1.95. The van der Waals surface area contributed by atoms with E-state index in [9.17, 15) is 10.1 Å². The Hall–Kier alpha value is -1.90. The van der Waals surface area contributed by atoms with Crippen molar-refractivity contribution >= 4 is 5.82 Å². The molecular formula is C6H6N4O2. The van der Waals surface area contributed by atoms with E-state index in [4.69, 9.17) is 5.26 Å². The number of hydrogen-bond acceptors (Lipinski definition) is 4. The average molecular weight is 166 g/mol. The van der Waals surface area contributed by atoms with E-state index in [0.717, 1.165) is 6.20 Å². The van der Waals surface area contributed by atoms with Crippen molar-refractivity contribution in [2.75, 3.05) is 0 Å². The van der Waals surface area contributed by atoms with E-state index in [2.05, 4.69) is 4.98 Å². The minimum atomic E-state index is -0.558. The van der Waals surface area contributed by atoms with Crippen LogP contribution in [0.3, 0.4) is 0 Å². The first-order valence-electron chi connectivity index (χ1n) is 3.30. The van der Waals surface area contributed by atoms with Gasteiger partial charge < -0.3 is 10.1 Å². The molecule has 6 heteroatoms. The Morgan fingerprint density at radius 3 is 3.00 bits per heavy atom. The smallest absolute Gasteiger partial charge is 0.343 e. The van der Waals surface area contributed by atoms with E-state index < -0.39 is 4.92 Å². The molecule has 0 aromatic carbocycles. The fraction of sp³-hybridized carbons (Fsp3) is 0.333. The largest absolute Gasteiger partial charge is 0.358 e. The van der Waals surface area contributed by atoms with Crippen LogP contribution >= 0.6 is 0 Å². The van der Waals surface area contributed by atoms with Gasteiger partial charge in [0.25, 0.3) is 0 Å². The van der Waals surface area contributed by atoms with Crippen LogP contribution in [0.1, 0.15) is 12.7 Å². The van der Waals surface area contributed by atoms with Gasteiger partial charge >= 0.3 is 11.6 Å². The summed E-state index contributed by atoms with van der Waals surface area (Å²) in [5, 5.41) is 18.8. The second-order valence-corrected chi connectivity index (χ2v) is 2.05. The van der Waals surface area contributed by atoms with Crippen LogP contribution < -0.4 is 0 Å². The maximum Gasteiger partial charge on any atom is 0.343 e. The van der Waals surface area contributed by atoms with E-state index in [1.165, 1.54) is 4.57 Å². The van der Waals surface area contributed by atoms with Crippen molar-refractivity contribution < 1.29 is 4.92 Å². The molecule has 1 aromatic rings. The molecule has 0 aliphatic rings. The van der Waals surface area contributed by atoms with Gasteiger partial charge in [-0.05, 0) is 11.8 Å².